The van der Waals surface area contributed by atoms with Crippen LogP contribution < -0.4 is 5.32 Å². The van der Waals surface area contributed by atoms with Crippen LogP contribution in [0.2, 0.25) is 0 Å². The molecule has 1 fully saturated rings. The maximum Gasteiger partial charge on any atom is 0.150 e. The Hall–Kier alpha value is -1.35. The largest absolute Gasteiger partial charge is 0.508 e. The number of benzene rings is 1. The smallest absolute Gasteiger partial charge is 0.150 e. The molecule has 3 heteroatoms. The zero-order chi connectivity index (χ0) is 9.97. The molecule has 0 radical (unpaired) electrons. The van der Waals surface area contributed by atoms with Crippen LogP contribution in [0.4, 0.5) is 0 Å². The van der Waals surface area contributed by atoms with E-state index in [0.29, 0.717) is 11.5 Å². The summed E-state index contributed by atoms with van der Waals surface area (Å²) in [5.41, 5.74) is 1.65. The molecule has 0 amide bonds. The standard InChI is InChI=1S/C11H13NO2/c13-7-9-5-10(14)1-2-11(9)8-3-4-12-6-8/h1-2,5,7-8,12,14H,3-4,6H2. The van der Waals surface area contributed by atoms with Crippen molar-refractivity contribution in [2.24, 2.45) is 0 Å². The van der Waals surface area contributed by atoms with E-state index >= 15 is 0 Å². The molecule has 2 N–H and O–H groups in total. The van der Waals surface area contributed by atoms with Gasteiger partial charge in [0.25, 0.3) is 0 Å². The van der Waals surface area contributed by atoms with Crippen LogP contribution in [0.15, 0.2) is 18.2 Å². The Kier molecular flexibility index (Phi) is 2.50. The van der Waals surface area contributed by atoms with Crippen LogP contribution in [0.3, 0.4) is 0 Å². The number of phenolic OH excluding ortho intramolecular Hbond substituents is 1. The third-order valence-corrected chi connectivity index (χ3v) is 2.70. The second-order valence-corrected chi connectivity index (χ2v) is 3.62. The van der Waals surface area contributed by atoms with Crippen LogP contribution in [0.25, 0.3) is 0 Å². The zero-order valence-corrected chi connectivity index (χ0v) is 7.86. The van der Waals surface area contributed by atoms with Gasteiger partial charge in [-0.2, -0.15) is 0 Å². The lowest BCUT2D eigenvalue weighted by atomic mass is 9.94. The average Bonchev–Trinajstić information content (AvgIpc) is 2.70. The zero-order valence-electron chi connectivity index (χ0n) is 7.86. The van der Waals surface area contributed by atoms with Crippen molar-refractivity contribution in [2.75, 3.05) is 13.1 Å². The van der Waals surface area contributed by atoms with Gasteiger partial charge in [-0.1, -0.05) is 6.07 Å². The van der Waals surface area contributed by atoms with Gasteiger partial charge in [-0.05, 0) is 36.6 Å². The van der Waals surface area contributed by atoms with Gasteiger partial charge in [-0.3, -0.25) is 4.79 Å². The minimum absolute atomic E-state index is 0.154. The number of aldehydes is 1. The lowest BCUT2D eigenvalue weighted by Gasteiger charge is -2.11. The number of nitrogens with one attached hydrogen (secondary N) is 1. The fourth-order valence-electron chi connectivity index (χ4n) is 1.96. The lowest BCUT2D eigenvalue weighted by molar-refractivity contribution is 0.112. The van der Waals surface area contributed by atoms with Crippen molar-refractivity contribution in [1.82, 2.24) is 5.32 Å². The van der Waals surface area contributed by atoms with E-state index in [9.17, 15) is 9.90 Å². The van der Waals surface area contributed by atoms with Gasteiger partial charge >= 0.3 is 0 Å². The Morgan fingerprint density at radius 2 is 2.36 bits per heavy atom. The average molecular weight is 191 g/mol. The predicted octanol–water partition coefficient (Wildman–Crippen LogP) is 1.28. The Bertz CT molecular complexity index is 343. The molecule has 1 atom stereocenters. The third kappa shape index (κ3) is 1.63. The first-order valence-corrected chi connectivity index (χ1v) is 4.80. The number of hydrogen-bond donors (Lipinski definition) is 2. The first-order chi connectivity index (χ1) is 6.81. The minimum atomic E-state index is 0.154. The molecule has 0 bridgehead atoms. The Morgan fingerprint density at radius 1 is 1.50 bits per heavy atom. The van der Waals surface area contributed by atoms with E-state index in [1.807, 2.05) is 6.07 Å². The molecule has 0 saturated carbocycles. The van der Waals surface area contributed by atoms with Gasteiger partial charge in [-0.15, -0.1) is 0 Å². The fraction of sp³-hybridized carbons (Fsp3) is 0.364. The van der Waals surface area contributed by atoms with E-state index in [4.69, 9.17) is 0 Å². The van der Waals surface area contributed by atoms with Crippen LogP contribution in [0, 0.1) is 0 Å². The first-order valence-electron chi connectivity index (χ1n) is 4.80. The maximum atomic E-state index is 10.8. The van der Waals surface area contributed by atoms with Gasteiger partial charge in [-0.25, -0.2) is 0 Å². The van der Waals surface area contributed by atoms with Crippen LogP contribution >= 0.6 is 0 Å². The summed E-state index contributed by atoms with van der Waals surface area (Å²) < 4.78 is 0. The van der Waals surface area contributed by atoms with E-state index in [1.165, 1.54) is 6.07 Å². The second-order valence-electron chi connectivity index (χ2n) is 3.62. The fourth-order valence-corrected chi connectivity index (χ4v) is 1.96. The number of aromatic hydroxyl groups is 1. The molecule has 1 saturated heterocycles. The molecule has 1 aromatic carbocycles. The van der Waals surface area contributed by atoms with E-state index in [2.05, 4.69) is 5.32 Å². The van der Waals surface area contributed by atoms with Crippen molar-refractivity contribution in [3.05, 3.63) is 29.3 Å². The molecule has 3 nitrogen and oxygen atoms in total. The molecule has 0 aliphatic carbocycles. The maximum absolute atomic E-state index is 10.8. The Labute approximate surface area is 82.8 Å². The molecule has 74 valence electrons. The second kappa shape index (κ2) is 3.80. The minimum Gasteiger partial charge on any atom is -0.508 e. The predicted molar refractivity (Wildman–Crippen MR) is 53.7 cm³/mol. The van der Waals surface area contributed by atoms with Crippen LogP contribution in [0.5, 0.6) is 5.75 Å². The topological polar surface area (TPSA) is 49.3 Å². The van der Waals surface area contributed by atoms with E-state index in [0.717, 1.165) is 31.4 Å². The Morgan fingerprint density at radius 3 is 3.00 bits per heavy atom. The molecule has 14 heavy (non-hydrogen) atoms. The SMILES string of the molecule is O=Cc1cc(O)ccc1C1CCNC1. The van der Waals surface area contributed by atoms with Crippen molar-refractivity contribution in [1.29, 1.82) is 0 Å². The van der Waals surface area contributed by atoms with Crippen LogP contribution in [-0.4, -0.2) is 24.5 Å². The van der Waals surface area contributed by atoms with Crippen molar-refractivity contribution in [2.45, 2.75) is 12.3 Å². The van der Waals surface area contributed by atoms with E-state index < -0.39 is 0 Å². The Balaban J connectivity index is 2.35. The first kappa shape index (κ1) is 9.21. The van der Waals surface area contributed by atoms with Gasteiger partial charge in [0.15, 0.2) is 0 Å². The van der Waals surface area contributed by atoms with Crippen molar-refractivity contribution in [3.8, 4) is 5.75 Å². The van der Waals surface area contributed by atoms with Gasteiger partial charge < -0.3 is 10.4 Å². The molecule has 1 aliphatic heterocycles. The van der Waals surface area contributed by atoms with Gasteiger partial charge in [0.05, 0.1) is 0 Å². The number of carbonyl (C=O) groups excluding carboxylic acids is 1. The highest BCUT2D eigenvalue weighted by molar-refractivity contribution is 5.78. The number of phenols is 1. The van der Waals surface area contributed by atoms with Crippen molar-refractivity contribution < 1.29 is 9.90 Å². The quantitative estimate of drug-likeness (QED) is 0.692. The van der Waals surface area contributed by atoms with Gasteiger partial charge in [0.2, 0.25) is 0 Å². The summed E-state index contributed by atoms with van der Waals surface area (Å²) >= 11 is 0. The normalized spacial score (nSPS) is 21.0. The number of hydrogen-bond acceptors (Lipinski definition) is 3. The molecule has 0 spiro atoms. The van der Waals surface area contributed by atoms with Crippen LogP contribution in [-0.2, 0) is 0 Å². The summed E-state index contributed by atoms with van der Waals surface area (Å²) in [5, 5.41) is 12.5. The number of rotatable bonds is 2. The monoisotopic (exact) mass is 191 g/mol. The number of carbonyl (C=O) groups is 1. The summed E-state index contributed by atoms with van der Waals surface area (Å²) in [7, 11) is 0. The molecular weight excluding hydrogens is 178 g/mol. The molecule has 0 aromatic heterocycles. The summed E-state index contributed by atoms with van der Waals surface area (Å²) in [6.45, 7) is 1.93. The highest BCUT2D eigenvalue weighted by Gasteiger charge is 2.19. The van der Waals surface area contributed by atoms with E-state index in [1.54, 1.807) is 6.07 Å². The van der Waals surface area contributed by atoms with Crippen molar-refractivity contribution >= 4 is 6.29 Å². The van der Waals surface area contributed by atoms with Crippen LogP contribution in [0.1, 0.15) is 28.3 Å². The highest BCUT2D eigenvalue weighted by Crippen LogP contribution is 2.27. The lowest BCUT2D eigenvalue weighted by Crippen LogP contribution is -2.09. The molecular formula is C11H13NO2. The van der Waals surface area contributed by atoms with Gasteiger partial charge in [0, 0.05) is 12.1 Å². The van der Waals surface area contributed by atoms with Crippen molar-refractivity contribution in [3.63, 3.8) is 0 Å². The molecule has 1 unspecified atom stereocenters. The molecule has 1 aliphatic rings. The third-order valence-electron chi connectivity index (χ3n) is 2.70. The van der Waals surface area contributed by atoms with E-state index in [-0.39, 0.29) is 5.75 Å². The summed E-state index contributed by atoms with van der Waals surface area (Å²) in [6, 6.07) is 5.01. The highest BCUT2D eigenvalue weighted by atomic mass is 16.3. The van der Waals surface area contributed by atoms with Gasteiger partial charge in [0.1, 0.15) is 12.0 Å². The molecule has 1 heterocycles. The summed E-state index contributed by atoms with van der Waals surface area (Å²) in [4.78, 5) is 10.8. The molecule has 2 rings (SSSR count). The summed E-state index contributed by atoms with van der Waals surface area (Å²) in [5.74, 6) is 0.567. The summed E-state index contributed by atoms with van der Waals surface area (Å²) in [6.07, 6.45) is 1.87. The molecule has 1 aromatic rings.